The highest BCUT2D eigenvalue weighted by Gasteiger charge is 2.49. The third-order valence-corrected chi connectivity index (χ3v) is 6.19. The molecule has 4 rings (SSSR count). The van der Waals surface area contributed by atoms with Gasteiger partial charge in [-0.05, 0) is 43.0 Å². The van der Waals surface area contributed by atoms with Gasteiger partial charge in [0.2, 0.25) is 5.91 Å². The van der Waals surface area contributed by atoms with Crippen LogP contribution in [0.2, 0.25) is 0 Å². The van der Waals surface area contributed by atoms with Crippen LogP contribution in [0.25, 0.3) is 0 Å². The van der Waals surface area contributed by atoms with Gasteiger partial charge in [0.05, 0.1) is 18.6 Å². The van der Waals surface area contributed by atoms with Crippen LogP contribution in [0, 0.1) is 11.3 Å². The molecule has 2 N–H and O–H groups in total. The van der Waals surface area contributed by atoms with Crippen molar-refractivity contribution in [2.75, 3.05) is 44.7 Å². The number of anilines is 1. The molecule has 5 nitrogen and oxygen atoms in total. The molecule has 0 bridgehead atoms. The number of rotatable bonds is 4. The second kappa shape index (κ2) is 10.1. The van der Waals surface area contributed by atoms with Crippen molar-refractivity contribution < 1.29 is 9.53 Å². The molecule has 2 saturated heterocycles. The average molecular weight is 416 g/mol. The van der Waals surface area contributed by atoms with Gasteiger partial charge in [0.1, 0.15) is 0 Å². The summed E-state index contributed by atoms with van der Waals surface area (Å²) in [6.07, 6.45) is 4.63. The first-order chi connectivity index (χ1) is 12.3. The molecule has 0 radical (unpaired) electrons. The van der Waals surface area contributed by atoms with Gasteiger partial charge in [-0.2, -0.15) is 0 Å². The fourth-order valence-corrected chi connectivity index (χ4v) is 4.71. The number of benzene rings is 1. The Morgan fingerprint density at radius 2 is 2.07 bits per heavy atom. The molecule has 1 saturated carbocycles. The minimum atomic E-state index is -0.196. The Labute approximate surface area is 174 Å². The minimum Gasteiger partial charge on any atom is -0.379 e. The molecule has 0 spiro atoms. The Morgan fingerprint density at radius 1 is 1.26 bits per heavy atom. The lowest BCUT2D eigenvalue weighted by Gasteiger charge is -2.37. The Morgan fingerprint density at radius 3 is 2.89 bits per heavy atom. The van der Waals surface area contributed by atoms with E-state index >= 15 is 0 Å². The third kappa shape index (κ3) is 4.96. The largest absolute Gasteiger partial charge is 0.379 e. The first kappa shape index (κ1) is 22.4. The number of fused-ring (bicyclic) bond motifs is 1. The zero-order chi connectivity index (χ0) is 17.1. The van der Waals surface area contributed by atoms with Crippen LogP contribution in [0.1, 0.15) is 31.2 Å². The Balaban J connectivity index is 0.00000131. The number of hydrogen-bond donors (Lipinski definition) is 2. The molecule has 1 aromatic rings. The number of hydrogen-bond acceptors (Lipinski definition) is 4. The first-order valence-corrected chi connectivity index (χ1v) is 9.67. The summed E-state index contributed by atoms with van der Waals surface area (Å²) in [5.41, 5.74) is 1.99. The molecule has 27 heavy (non-hydrogen) atoms. The lowest BCUT2D eigenvalue weighted by molar-refractivity contribution is -0.128. The van der Waals surface area contributed by atoms with E-state index in [1.54, 1.807) is 0 Å². The van der Waals surface area contributed by atoms with Gasteiger partial charge in [0.15, 0.2) is 0 Å². The van der Waals surface area contributed by atoms with Crippen LogP contribution in [0.15, 0.2) is 24.3 Å². The number of morpholine rings is 1. The smallest absolute Gasteiger partial charge is 0.232 e. The van der Waals surface area contributed by atoms with Crippen molar-refractivity contribution in [1.29, 1.82) is 0 Å². The molecular formula is C20H31Cl2N3O2. The third-order valence-electron chi connectivity index (χ3n) is 6.19. The summed E-state index contributed by atoms with van der Waals surface area (Å²) in [5.74, 6) is 0.712. The van der Waals surface area contributed by atoms with Crippen molar-refractivity contribution in [2.24, 2.45) is 11.3 Å². The molecule has 3 fully saturated rings. The lowest BCUT2D eigenvalue weighted by Crippen LogP contribution is -2.44. The number of carbonyl (C=O) groups is 1. The zero-order valence-electron chi connectivity index (χ0n) is 15.7. The molecule has 0 aromatic heterocycles. The molecule has 2 atom stereocenters. The molecule has 152 valence electrons. The van der Waals surface area contributed by atoms with E-state index in [9.17, 15) is 4.79 Å². The SMILES string of the molecule is Cl.Cl.O=C(Nc1cccc(CN2CCOCC2)c1)[C@@]12CCCC[C@H]1CNC2. The van der Waals surface area contributed by atoms with Crippen LogP contribution >= 0.6 is 24.8 Å². The monoisotopic (exact) mass is 415 g/mol. The summed E-state index contributed by atoms with van der Waals surface area (Å²) in [5, 5.41) is 6.69. The Bertz CT molecular complexity index is 625. The van der Waals surface area contributed by atoms with Gasteiger partial charge in [0.25, 0.3) is 0 Å². The molecule has 2 aliphatic heterocycles. The van der Waals surface area contributed by atoms with Gasteiger partial charge in [-0.15, -0.1) is 24.8 Å². The minimum absolute atomic E-state index is 0. The highest BCUT2D eigenvalue weighted by atomic mass is 35.5. The summed E-state index contributed by atoms with van der Waals surface area (Å²) in [6, 6.07) is 8.33. The van der Waals surface area contributed by atoms with E-state index in [1.807, 2.05) is 12.1 Å². The summed E-state index contributed by atoms with van der Waals surface area (Å²) in [4.78, 5) is 15.5. The van der Waals surface area contributed by atoms with Crippen LogP contribution in [0.3, 0.4) is 0 Å². The van der Waals surface area contributed by atoms with Gasteiger partial charge < -0.3 is 15.4 Å². The standard InChI is InChI=1S/C20H29N3O2.2ClH/c24-19(20-7-2-1-5-17(20)13-21-15-20)22-18-6-3-4-16(12-18)14-23-8-10-25-11-9-23;;/h3-4,6,12,17,21H,1-2,5,7-11,13-15H2,(H,22,24);2*1H/t17-,20+;;/m0../s1. The maximum atomic E-state index is 13.1. The second-order valence-corrected chi connectivity index (χ2v) is 7.77. The fourth-order valence-electron chi connectivity index (χ4n) is 4.71. The van der Waals surface area contributed by atoms with Gasteiger partial charge in [0, 0.05) is 31.9 Å². The molecule has 3 aliphatic rings. The molecule has 0 unspecified atom stereocenters. The molecule has 1 aromatic carbocycles. The summed E-state index contributed by atoms with van der Waals surface area (Å²) < 4.78 is 5.42. The van der Waals surface area contributed by atoms with Crippen molar-refractivity contribution in [2.45, 2.75) is 32.2 Å². The van der Waals surface area contributed by atoms with E-state index in [4.69, 9.17) is 4.74 Å². The fraction of sp³-hybridized carbons (Fsp3) is 0.650. The number of halogens is 2. The maximum absolute atomic E-state index is 13.1. The predicted molar refractivity (Wildman–Crippen MR) is 113 cm³/mol. The van der Waals surface area contributed by atoms with E-state index in [0.29, 0.717) is 5.92 Å². The van der Waals surface area contributed by atoms with Crippen LogP contribution in [-0.4, -0.2) is 50.2 Å². The maximum Gasteiger partial charge on any atom is 0.232 e. The van der Waals surface area contributed by atoms with Crippen molar-refractivity contribution in [3.63, 3.8) is 0 Å². The molecule has 7 heteroatoms. The van der Waals surface area contributed by atoms with E-state index in [0.717, 1.165) is 58.0 Å². The van der Waals surface area contributed by atoms with Gasteiger partial charge in [-0.1, -0.05) is 25.0 Å². The van der Waals surface area contributed by atoms with E-state index in [2.05, 4.69) is 27.7 Å². The molecule has 2 heterocycles. The van der Waals surface area contributed by atoms with Crippen LogP contribution in [0.5, 0.6) is 0 Å². The van der Waals surface area contributed by atoms with Crippen LogP contribution in [-0.2, 0) is 16.1 Å². The van der Waals surface area contributed by atoms with Gasteiger partial charge in [-0.3, -0.25) is 9.69 Å². The van der Waals surface area contributed by atoms with E-state index in [1.165, 1.54) is 24.8 Å². The molecule has 1 aliphatic carbocycles. The molecule has 1 amide bonds. The van der Waals surface area contributed by atoms with E-state index in [-0.39, 0.29) is 36.1 Å². The summed E-state index contributed by atoms with van der Waals surface area (Å²) in [7, 11) is 0. The zero-order valence-corrected chi connectivity index (χ0v) is 17.4. The highest BCUT2D eigenvalue weighted by Crippen LogP contribution is 2.44. The number of nitrogens with one attached hydrogen (secondary N) is 2. The first-order valence-electron chi connectivity index (χ1n) is 9.67. The van der Waals surface area contributed by atoms with Crippen molar-refractivity contribution in [1.82, 2.24) is 10.2 Å². The summed E-state index contributed by atoms with van der Waals surface area (Å²) in [6.45, 7) is 6.32. The van der Waals surface area contributed by atoms with Crippen LogP contribution < -0.4 is 10.6 Å². The van der Waals surface area contributed by atoms with Crippen molar-refractivity contribution >= 4 is 36.4 Å². The second-order valence-electron chi connectivity index (χ2n) is 7.77. The average Bonchev–Trinajstić information content (AvgIpc) is 3.08. The number of amides is 1. The quantitative estimate of drug-likeness (QED) is 0.792. The Kier molecular flexibility index (Phi) is 8.38. The molecular weight excluding hydrogens is 385 g/mol. The summed E-state index contributed by atoms with van der Waals surface area (Å²) >= 11 is 0. The Hall–Kier alpha value is -0.850. The predicted octanol–water partition coefficient (Wildman–Crippen LogP) is 3.08. The lowest BCUT2D eigenvalue weighted by atomic mass is 9.67. The number of ether oxygens (including phenoxy) is 1. The van der Waals surface area contributed by atoms with Crippen LogP contribution in [0.4, 0.5) is 5.69 Å². The van der Waals surface area contributed by atoms with Crippen molar-refractivity contribution in [3.8, 4) is 0 Å². The van der Waals surface area contributed by atoms with E-state index < -0.39 is 0 Å². The number of carbonyl (C=O) groups excluding carboxylic acids is 1. The van der Waals surface area contributed by atoms with Gasteiger partial charge in [-0.25, -0.2) is 0 Å². The topological polar surface area (TPSA) is 53.6 Å². The van der Waals surface area contributed by atoms with Gasteiger partial charge >= 0.3 is 0 Å². The van der Waals surface area contributed by atoms with Crippen molar-refractivity contribution in [3.05, 3.63) is 29.8 Å². The number of nitrogens with zero attached hydrogens (tertiary/aromatic N) is 1. The normalized spacial score (nSPS) is 27.8. The highest BCUT2D eigenvalue weighted by molar-refractivity contribution is 5.96.